The van der Waals surface area contributed by atoms with Gasteiger partial charge in [0, 0.05) is 12.8 Å². The molecule has 2 nitrogen and oxygen atoms in total. The third kappa shape index (κ3) is 1.02. The number of hydrogen-bond donors (Lipinski definition) is 0. The predicted octanol–water partition coefficient (Wildman–Crippen LogP) is 1.36. The van der Waals surface area contributed by atoms with Gasteiger partial charge in [-0.2, -0.15) is 0 Å². The van der Waals surface area contributed by atoms with Gasteiger partial charge >= 0.3 is 0 Å². The smallest absolute Gasteiger partial charge is 0.201 e. The first-order chi connectivity index (χ1) is 5.68. The van der Waals surface area contributed by atoms with Crippen LogP contribution >= 0.6 is 0 Å². The maximum absolute atomic E-state index is 11.4. The standard InChI is InChI=1S/C10H12O2/c1-6(11)10(12)9-5-7-2-3-8(9)4-7/h2-3,7-9H,4-5H2,1H3/t7-,8+,9+/m0/s1. The Hall–Kier alpha value is -0.920. The lowest BCUT2D eigenvalue weighted by Gasteiger charge is -2.14. The lowest BCUT2D eigenvalue weighted by Crippen LogP contribution is -2.24. The number of allylic oxidation sites excluding steroid dienone is 2. The highest BCUT2D eigenvalue weighted by Gasteiger charge is 2.40. The molecular weight excluding hydrogens is 152 g/mol. The van der Waals surface area contributed by atoms with Crippen LogP contribution in [-0.4, -0.2) is 11.6 Å². The van der Waals surface area contributed by atoms with Gasteiger partial charge in [0.05, 0.1) is 0 Å². The fourth-order valence-corrected chi connectivity index (χ4v) is 2.34. The largest absolute Gasteiger partial charge is 0.291 e. The van der Waals surface area contributed by atoms with Gasteiger partial charge in [0.15, 0.2) is 5.78 Å². The van der Waals surface area contributed by atoms with Crippen molar-refractivity contribution in [3.8, 4) is 0 Å². The molecule has 0 radical (unpaired) electrons. The van der Waals surface area contributed by atoms with E-state index in [1.165, 1.54) is 6.92 Å². The van der Waals surface area contributed by atoms with E-state index in [0.717, 1.165) is 12.8 Å². The topological polar surface area (TPSA) is 34.1 Å². The molecule has 0 N–H and O–H groups in total. The summed E-state index contributed by atoms with van der Waals surface area (Å²) in [7, 11) is 0. The van der Waals surface area contributed by atoms with E-state index < -0.39 is 0 Å². The molecule has 0 unspecified atom stereocenters. The van der Waals surface area contributed by atoms with E-state index in [2.05, 4.69) is 12.2 Å². The molecular formula is C10H12O2. The van der Waals surface area contributed by atoms with Crippen molar-refractivity contribution in [1.29, 1.82) is 0 Å². The summed E-state index contributed by atoms with van der Waals surface area (Å²) in [6, 6.07) is 0. The monoisotopic (exact) mass is 164 g/mol. The van der Waals surface area contributed by atoms with Crippen molar-refractivity contribution >= 4 is 11.6 Å². The number of rotatable bonds is 2. The molecule has 1 saturated carbocycles. The van der Waals surface area contributed by atoms with Crippen molar-refractivity contribution in [1.82, 2.24) is 0 Å². The number of hydrogen-bond acceptors (Lipinski definition) is 2. The minimum absolute atomic E-state index is 0.0116. The van der Waals surface area contributed by atoms with Crippen LogP contribution in [-0.2, 0) is 9.59 Å². The van der Waals surface area contributed by atoms with E-state index >= 15 is 0 Å². The zero-order valence-electron chi connectivity index (χ0n) is 7.12. The second-order valence-electron chi connectivity index (χ2n) is 3.81. The molecule has 0 heterocycles. The Kier molecular flexibility index (Phi) is 1.63. The molecule has 0 amide bonds. The Balaban J connectivity index is 2.13. The first-order valence-electron chi connectivity index (χ1n) is 4.41. The summed E-state index contributed by atoms with van der Waals surface area (Å²) in [5, 5.41) is 0. The molecule has 2 heteroatoms. The van der Waals surface area contributed by atoms with Gasteiger partial charge < -0.3 is 0 Å². The minimum atomic E-state index is -0.277. The summed E-state index contributed by atoms with van der Waals surface area (Å²) in [4.78, 5) is 22.2. The van der Waals surface area contributed by atoms with Gasteiger partial charge in [-0.25, -0.2) is 0 Å². The Bertz CT molecular complexity index is 265. The van der Waals surface area contributed by atoms with Gasteiger partial charge in [-0.3, -0.25) is 9.59 Å². The average Bonchev–Trinajstić information content (AvgIpc) is 2.62. The number of carbonyl (C=O) groups is 2. The van der Waals surface area contributed by atoms with Gasteiger partial charge in [0.25, 0.3) is 0 Å². The molecule has 0 spiro atoms. The Morgan fingerprint density at radius 2 is 2.00 bits per heavy atom. The number of fused-ring (bicyclic) bond motifs is 2. The molecule has 0 aromatic carbocycles. The predicted molar refractivity (Wildman–Crippen MR) is 44.5 cm³/mol. The first-order valence-corrected chi connectivity index (χ1v) is 4.41. The summed E-state index contributed by atoms with van der Waals surface area (Å²) in [5.74, 6) is 0.514. The zero-order valence-corrected chi connectivity index (χ0v) is 7.12. The zero-order chi connectivity index (χ0) is 8.72. The molecule has 0 aromatic heterocycles. The van der Waals surface area contributed by atoms with Crippen molar-refractivity contribution in [3.05, 3.63) is 12.2 Å². The summed E-state index contributed by atoms with van der Waals surface area (Å²) in [6.07, 6.45) is 6.26. The lowest BCUT2D eigenvalue weighted by atomic mass is 9.88. The number of Topliss-reactive ketones (excluding diaryl/α,β-unsaturated/α-hetero) is 2. The van der Waals surface area contributed by atoms with Crippen molar-refractivity contribution in [3.63, 3.8) is 0 Å². The molecule has 1 fully saturated rings. The third-order valence-electron chi connectivity index (χ3n) is 2.96. The molecule has 2 aliphatic rings. The maximum atomic E-state index is 11.4. The molecule has 2 bridgehead atoms. The van der Waals surface area contributed by atoms with E-state index in [-0.39, 0.29) is 17.5 Å². The van der Waals surface area contributed by atoms with Gasteiger partial charge in [-0.15, -0.1) is 0 Å². The van der Waals surface area contributed by atoms with Gasteiger partial charge in [0.2, 0.25) is 5.78 Å². The number of ketones is 2. The van der Waals surface area contributed by atoms with E-state index in [9.17, 15) is 9.59 Å². The fraction of sp³-hybridized carbons (Fsp3) is 0.600. The molecule has 3 atom stereocenters. The third-order valence-corrected chi connectivity index (χ3v) is 2.96. The van der Waals surface area contributed by atoms with E-state index in [1.54, 1.807) is 0 Å². The van der Waals surface area contributed by atoms with Crippen molar-refractivity contribution in [2.45, 2.75) is 19.8 Å². The van der Waals surface area contributed by atoms with Crippen LogP contribution in [0.3, 0.4) is 0 Å². The Morgan fingerprint density at radius 3 is 2.42 bits per heavy atom. The first kappa shape index (κ1) is 7.71. The van der Waals surface area contributed by atoms with Crippen LogP contribution < -0.4 is 0 Å². The summed E-state index contributed by atoms with van der Waals surface area (Å²) in [5.41, 5.74) is 0. The molecule has 0 aliphatic heterocycles. The van der Waals surface area contributed by atoms with Gasteiger partial charge in [-0.1, -0.05) is 12.2 Å². The van der Waals surface area contributed by atoms with Crippen LogP contribution in [0.25, 0.3) is 0 Å². The number of carbonyl (C=O) groups excluding carboxylic acids is 2. The molecule has 12 heavy (non-hydrogen) atoms. The summed E-state index contributed by atoms with van der Waals surface area (Å²) < 4.78 is 0. The average molecular weight is 164 g/mol. The highest BCUT2D eigenvalue weighted by atomic mass is 16.2. The van der Waals surface area contributed by atoms with E-state index in [0.29, 0.717) is 11.8 Å². The van der Waals surface area contributed by atoms with Crippen molar-refractivity contribution in [2.75, 3.05) is 0 Å². The van der Waals surface area contributed by atoms with Crippen LogP contribution in [0, 0.1) is 17.8 Å². The summed E-state index contributed by atoms with van der Waals surface area (Å²) in [6.45, 7) is 1.37. The quantitative estimate of drug-likeness (QED) is 0.456. The van der Waals surface area contributed by atoms with Crippen LogP contribution in [0.1, 0.15) is 19.8 Å². The molecule has 0 aromatic rings. The van der Waals surface area contributed by atoms with Gasteiger partial charge in [-0.05, 0) is 24.7 Å². The highest BCUT2D eigenvalue weighted by Crippen LogP contribution is 2.43. The maximum Gasteiger partial charge on any atom is 0.201 e. The lowest BCUT2D eigenvalue weighted by molar-refractivity contribution is -0.138. The minimum Gasteiger partial charge on any atom is -0.291 e. The Morgan fingerprint density at radius 1 is 1.25 bits per heavy atom. The highest BCUT2D eigenvalue weighted by molar-refractivity contribution is 6.37. The molecule has 2 aliphatic carbocycles. The molecule has 64 valence electrons. The van der Waals surface area contributed by atoms with Crippen LogP contribution in [0.15, 0.2) is 12.2 Å². The Labute approximate surface area is 71.6 Å². The van der Waals surface area contributed by atoms with Crippen LogP contribution in [0.5, 0.6) is 0 Å². The second-order valence-corrected chi connectivity index (χ2v) is 3.81. The van der Waals surface area contributed by atoms with Crippen LogP contribution in [0.4, 0.5) is 0 Å². The van der Waals surface area contributed by atoms with Gasteiger partial charge in [0.1, 0.15) is 0 Å². The van der Waals surface area contributed by atoms with Crippen molar-refractivity contribution in [2.24, 2.45) is 17.8 Å². The van der Waals surface area contributed by atoms with E-state index in [1.807, 2.05) is 0 Å². The molecule has 2 rings (SSSR count). The molecule has 0 saturated heterocycles. The van der Waals surface area contributed by atoms with Crippen molar-refractivity contribution < 1.29 is 9.59 Å². The summed E-state index contributed by atoms with van der Waals surface area (Å²) >= 11 is 0. The van der Waals surface area contributed by atoms with Crippen LogP contribution in [0.2, 0.25) is 0 Å². The fourth-order valence-electron chi connectivity index (χ4n) is 2.34. The second kappa shape index (κ2) is 2.54. The normalized spacial score (nSPS) is 37.2. The SMILES string of the molecule is CC(=O)C(=O)[C@@H]1C[C@H]2C=C[C@@H]1C2. The van der Waals surface area contributed by atoms with E-state index in [4.69, 9.17) is 0 Å².